The molecule has 2 heterocycles. The molecule has 4 rings (SSSR count). The number of carbonyl (C=O) groups excluding carboxylic acids is 1. The number of likely N-dealkylation sites (tertiary alicyclic amines) is 1. The van der Waals surface area contributed by atoms with E-state index in [1.54, 1.807) is 7.11 Å². The molecule has 2 atom stereocenters. The maximum absolute atomic E-state index is 12.9. The molecule has 2 aliphatic heterocycles. The molecule has 2 aromatic rings. The molecule has 1 amide bonds. The number of nitrogens with one attached hydrogen (secondary N) is 2. The number of methoxy groups -OCH3 is 1. The second-order valence-electron chi connectivity index (χ2n) is 7.86. The highest BCUT2D eigenvalue weighted by atomic mass is 16.5. The molecule has 0 aliphatic carbocycles. The van der Waals surface area contributed by atoms with Crippen LogP contribution >= 0.6 is 0 Å². The summed E-state index contributed by atoms with van der Waals surface area (Å²) in [6.07, 6.45) is 4.06. The summed E-state index contributed by atoms with van der Waals surface area (Å²) in [5, 5.41) is 0. The van der Waals surface area contributed by atoms with Gasteiger partial charge >= 0.3 is 0 Å². The number of nitrogens with zero attached hydrogens (tertiary/aromatic N) is 1. The van der Waals surface area contributed by atoms with Crippen LogP contribution in [0.15, 0.2) is 54.6 Å². The first-order chi connectivity index (χ1) is 13.7. The number of carbonyl (C=O) groups is 1. The average Bonchev–Trinajstić information content (AvgIpc) is 3.25. The summed E-state index contributed by atoms with van der Waals surface area (Å²) >= 11 is 0. The van der Waals surface area contributed by atoms with Crippen molar-refractivity contribution in [3.63, 3.8) is 0 Å². The highest BCUT2D eigenvalue weighted by Crippen LogP contribution is 2.27. The molecule has 0 bridgehead atoms. The zero-order valence-corrected chi connectivity index (χ0v) is 16.4. The Labute approximate surface area is 167 Å². The second-order valence-corrected chi connectivity index (χ2v) is 7.86. The van der Waals surface area contributed by atoms with Crippen molar-refractivity contribution in [1.29, 1.82) is 0 Å². The summed E-state index contributed by atoms with van der Waals surface area (Å²) in [7, 11) is 1.67. The van der Waals surface area contributed by atoms with Gasteiger partial charge in [-0.05, 0) is 54.9 Å². The molecule has 0 spiro atoms. The van der Waals surface area contributed by atoms with E-state index in [4.69, 9.17) is 4.74 Å². The number of benzene rings is 2. The highest BCUT2D eigenvalue weighted by Gasteiger charge is 2.34. The molecule has 2 unspecified atom stereocenters. The van der Waals surface area contributed by atoms with Gasteiger partial charge in [0.05, 0.1) is 7.11 Å². The maximum Gasteiger partial charge on any atom is 0.241 e. The predicted octanol–water partition coefficient (Wildman–Crippen LogP) is 3.08. The Hall–Kier alpha value is -2.37. The molecule has 0 radical (unpaired) electrons. The second kappa shape index (κ2) is 8.76. The van der Waals surface area contributed by atoms with Crippen molar-refractivity contribution in [2.75, 3.05) is 20.2 Å². The van der Waals surface area contributed by atoms with Crippen LogP contribution in [-0.4, -0.2) is 37.0 Å². The van der Waals surface area contributed by atoms with Gasteiger partial charge in [0, 0.05) is 19.1 Å². The van der Waals surface area contributed by atoms with E-state index in [1.165, 1.54) is 11.1 Å². The highest BCUT2D eigenvalue weighted by molar-refractivity contribution is 5.82. The molecule has 2 aliphatic rings. The van der Waals surface area contributed by atoms with Crippen LogP contribution in [0.25, 0.3) is 0 Å². The first kappa shape index (κ1) is 19.0. The zero-order valence-electron chi connectivity index (χ0n) is 16.4. The third-order valence-electron chi connectivity index (χ3n) is 6.01. The lowest BCUT2D eigenvalue weighted by Crippen LogP contribution is -2.48. The smallest absolute Gasteiger partial charge is 0.241 e. The summed E-state index contributed by atoms with van der Waals surface area (Å²) in [5.74, 6) is 1.75. The Morgan fingerprint density at radius 3 is 2.43 bits per heavy atom. The number of hydrogen-bond donors (Lipinski definition) is 2. The summed E-state index contributed by atoms with van der Waals surface area (Å²) in [5.41, 5.74) is 9.06. The molecule has 5 heteroatoms. The minimum Gasteiger partial charge on any atom is -0.497 e. The normalized spacial score (nSPS) is 23.0. The number of amides is 1. The molecule has 2 fully saturated rings. The average molecular weight is 380 g/mol. The predicted molar refractivity (Wildman–Crippen MR) is 110 cm³/mol. The van der Waals surface area contributed by atoms with Crippen LogP contribution in [-0.2, 0) is 11.2 Å². The Morgan fingerprint density at radius 2 is 1.75 bits per heavy atom. The van der Waals surface area contributed by atoms with Gasteiger partial charge in [-0.3, -0.25) is 4.79 Å². The van der Waals surface area contributed by atoms with E-state index in [-0.39, 0.29) is 18.0 Å². The van der Waals surface area contributed by atoms with Crippen LogP contribution < -0.4 is 15.6 Å². The quantitative estimate of drug-likeness (QED) is 0.838. The van der Waals surface area contributed by atoms with Gasteiger partial charge in [0.1, 0.15) is 11.8 Å². The van der Waals surface area contributed by atoms with Gasteiger partial charge in [-0.2, -0.15) is 0 Å². The number of piperidine rings is 1. The molecule has 5 nitrogen and oxygen atoms in total. The largest absolute Gasteiger partial charge is 0.497 e. The fourth-order valence-corrected chi connectivity index (χ4v) is 4.30. The molecule has 2 saturated heterocycles. The SMILES string of the molecule is COc1ccc(C2CC(C(=O)N3CCC(Cc4ccccc4)CC3)NN2)cc1. The minimum absolute atomic E-state index is 0.149. The zero-order chi connectivity index (χ0) is 19.3. The number of rotatable bonds is 5. The van der Waals surface area contributed by atoms with Crippen LogP contribution in [0.5, 0.6) is 5.75 Å². The van der Waals surface area contributed by atoms with Crippen molar-refractivity contribution in [2.45, 2.75) is 37.8 Å². The summed E-state index contributed by atoms with van der Waals surface area (Å²) in [4.78, 5) is 15.0. The molecule has 148 valence electrons. The monoisotopic (exact) mass is 379 g/mol. The molecule has 2 N–H and O–H groups in total. The molecule has 28 heavy (non-hydrogen) atoms. The van der Waals surface area contributed by atoms with Crippen molar-refractivity contribution < 1.29 is 9.53 Å². The minimum atomic E-state index is -0.155. The first-order valence-electron chi connectivity index (χ1n) is 10.2. The first-order valence-corrected chi connectivity index (χ1v) is 10.2. The van der Waals surface area contributed by atoms with Crippen LogP contribution in [0.2, 0.25) is 0 Å². The fraction of sp³-hybridized carbons (Fsp3) is 0.435. The summed E-state index contributed by atoms with van der Waals surface area (Å²) < 4.78 is 5.22. The molecule has 0 aromatic heterocycles. The lowest BCUT2D eigenvalue weighted by atomic mass is 9.90. The van der Waals surface area contributed by atoms with Crippen molar-refractivity contribution >= 4 is 5.91 Å². The van der Waals surface area contributed by atoms with E-state index in [0.29, 0.717) is 5.92 Å². The Bertz CT molecular complexity index is 770. The van der Waals surface area contributed by atoms with Crippen LogP contribution in [0, 0.1) is 5.92 Å². The summed E-state index contributed by atoms with van der Waals surface area (Å²) in [6, 6.07) is 18.7. The van der Waals surface area contributed by atoms with Crippen molar-refractivity contribution in [3.8, 4) is 5.75 Å². The van der Waals surface area contributed by atoms with Crippen LogP contribution in [0.3, 0.4) is 0 Å². The van der Waals surface area contributed by atoms with Crippen LogP contribution in [0.4, 0.5) is 0 Å². The van der Waals surface area contributed by atoms with Crippen molar-refractivity contribution in [1.82, 2.24) is 15.8 Å². The lowest BCUT2D eigenvalue weighted by Gasteiger charge is -2.33. The lowest BCUT2D eigenvalue weighted by molar-refractivity contribution is -0.134. The Kier molecular flexibility index (Phi) is 5.93. The van der Waals surface area contributed by atoms with Gasteiger partial charge in [0.15, 0.2) is 0 Å². The third kappa shape index (κ3) is 4.37. The van der Waals surface area contributed by atoms with Gasteiger partial charge in [-0.1, -0.05) is 42.5 Å². The van der Waals surface area contributed by atoms with E-state index >= 15 is 0 Å². The van der Waals surface area contributed by atoms with Gasteiger partial charge in [0.25, 0.3) is 0 Å². The Balaban J connectivity index is 1.27. The number of ether oxygens (including phenoxy) is 1. The molecular formula is C23H29N3O2. The number of hydrogen-bond acceptors (Lipinski definition) is 4. The summed E-state index contributed by atoms with van der Waals surface area (Å²) in [6.45, 7) is 1.73. The fourth-order valence-electron chi connectivity index (χ4n) is 4.30. The maximum atomic E-state index is 12.9. The van der Waals surface area contributed by atoms with E-state index in [1.807, 2.05) is 17.0 Å². The van der Waals surface area contributed by atoms with Crippen LogP contribution in [0.1, 0.15) is 36.4 Å². The number of hydrazine groups is 1. The molecule has 0 saturated carbocycles. The van der Waals surface area contributed by atoms with E-state index < -0.39 is 0 Å². The van der Waals surface area contributed by atoms with Crippen molar-refractivity contribution in [3.05, 3.63) is 65.7 Å². The van der Waals surface area contributed by atoms with Gasteiger partial charge < -0.3 is 9.64 Å². The molecule has 2 aromatic carbocycles. The Morgan fingerprint density at radius 1 is 1.04 bits per heavy atom. The van der Waals surface area contributed by atoms with Gasteiger partial charge in [-0.25, -0.2) is 10.9 Å². The van der Waals surface area contributed by atoms with Crippen molar-refractivity contribution in [2.24, 2.45) is 5.92 Å². The van der Waals surface area contributed by atoms with E-state index in [0.717, 1.165) is 44.5 Å². The van der Waals surface area contributed by atoms with E-state index in [2.05, 4.69) is 53.3 Å². The van der Waals surface area contributed by atoms with Gasteiger partial charge in [0.2, 0.25) is 5.91 Å². The topological polar surface area (TPSA) is 53.6 Å². The standard InChI is InChI=1S/C23H29N3O2/c1-28-20-9-7-19(8-10-20)21-16-22(25-24-21)23(27)26-13-11-18(12-14-26)15-17-5-3-2-4-6-17/h2-10,18,21-22,24-25H,11-16H2,1H3. The third-order valence-corrected chi connectivity index (χ3v) is 6.01. The molecular weight excluding hydrogens is 350 g/mol. The van der Waals surface area contributed by atoms with E-state index in [9.17, 15) is 4.79 Å². The van der Waals surface area contributed by atoms with Gasteiger partial charge in [-0.15, -0.1) is 0 Å².